The van der Waals surface area contributed by atoms with Gasteiger partial charge in [0.05, 0.1) is 25.7 Å². The van der Waals surface area contributed by atoms with Crippen LogP contribution in [0.15, 0.2) is 42.5 Å². The number of benzene rings is 2. The minimum absolute atomic E-state index is 0.0176. The number of nitrogens with zero attached hydrogens (tertiary/aromatic N) is 1. The van der Waals surface area contributed by atoms with Gasteiger partial charge in [0.2, 0.25) is 5.91 Å². The van der Waals surface area contributed by atoms with Crippen molar-refractivity contribution in [3.8, 4) is 11.5 Å². The van der Waals surface area contributed by atoms with E-state index < -0.39 is 4.92 Å². The zero-order valence-electron chi connectivity index (χ0n) is 14.7. The second kappa shape index (κ2) is 9.38. The predicted molar refractivity (Wildman–Crippen MR) is 97.8 cm³/mol. The van der Waals surface area contributed by atoms with Gasteiger partial charge in [-0.1, -0.05) is 6.07 Å². The lowest BCUT2D eigenvalue weighted by Gasteiger charge is -2.10. The van der Waals surface area contributed by atoms with E-state index in [2.05, 4.69) is 10.6 Å². The van der Waals surface area contributed by atoms with E-state index in [1.165, 1.54) is 24.3 Å². The highest BCUT2D eigenvalue weighted by Crippen LogP contribution is 2.27. The minimum Gasteiger partial charge on any atom is -0.493 e. The van der Waals surface area contributed by atoms with E-state index in [-0.39, 0.29) is 18.1 Å². The fourth-order valence-electron chi connectivity index (χ4n) is 2.34. The molecule has 2 aromatic rings. The molecular weight excluding hydrogens is 338 g/mol. The first-order valence-corrected chi connectivity index (χ1v) is 7.99. The largest absolute Gasteiger partial charge is 0.493 e. The molecule has 8 heteroatoms. The lowest BCUT2D eigenvalue weighted by atomic mass is 10.1. The maximum absolute atomic E-state index is 11.9. The van der Waals surface area contributed by atoms with Crippen LogP contribution in [0.25, 0.3) is 0 Å². The van der Waals surface area contributed by atoms with Crippen molar-refractivity contribution in [2.24, 2.45) is 0 Å². The topological polar surface area (TPSA) is 103 Å². The summed E-state index contributed by atoms with van der Waals surface area (Å²) in [6, 6.07) is 11.4. The van der Waals surface area contributed by atoms with Crippen molar-refractivity contribution in [2.75, 3.05) is 32.6 Å². The van der Waals surface area contributed by atoms with Crippen molar-refractivity contribution in [2.45, 2.75) is 6.42 Å². The van der Waals surface area contributed by atoms with Gasteiger partial charge >= 0.3 is 0 Å². The van der Waals surface area contributed by atoms with Gasteiger partial charge in [-0.15, -0.1) is 0 Å². The number of carbonyl (C=O) groups excluding carboxylic acids is 1. The molecule has 0 heterocycles. The zero-order chi connectivity index (χ0) is 18.9. The summed E-state index contributed by atoms with van der Waals surface area (Å²) in [7, 11) is 3.17. The number of non-ortho nitro benzene ring substituents is 1. The Bertz CT molecular complexity index is 762. The van der Waals surface area contributed by atoms with Crippen LogP contribution in [0, 0.1) is 10.1 Å². The van der Waals surface area contributed by atoms with Crippen LogP contribution < -0.4 is 20.1 Å². The lowest BCUT2D eigenvalue weighted by molar-refractivity contribution is -0.384. The maximum atomic E-state index is 11.9. The van der Waals surface area contributed by atoms with Crippen molar-refractivity contribution in [3.63, 3.8) is 0 Å². The molecule has 0 saturated heterocycles. The van der Waals surface area contributed by atoms with E-state index in [0.29, 0.717) is 23.7 Å². The Balaban J connectivity index is 1.75. The second-order valence-electron chi connectivity index (χ2n) is 5.47. The number of amides is 1. The van der Waals surface area contributed by atoms with Crippen LogP contribution in [-0.2, 0) is 11.2 Å². The van der Waals surface area contributed by atoms with Crippen molar-refractivity contribution in [1.29, 1.82) is 0 Å². The number of ether oxygens (including phenoxy) is 2. The summed E-state index contributed by atoms with van der Waals surface area (Å²) in [6.45, 7) is 0.757. The summed E-state index contributed by atoms with van der Waals surface area (Å²) in [4.78, 5) is 22.0. The van der Waals surface area contributed by atoms with Crippen molar-refractivity contribution in [3.05, 3.63) is 58.1 Å². The van der Waals surface area contributed by atoms with E-state index in [0.717, 1.165) is 12.0 Å². The summed E-state index contributed by atoms with van der Waals surface area (Å²) >= 11 is 0. The normalized spacial score (nSPS) is 10.2. The molecule has 26 heavy (non-hydrogen) atoms. The van der Waals surface area contributed by atoms with E-state index in [4.69, 9.17) is 9.47 Å². The Morgan fingerprint density at radius 2 is 1.77 bits per heavy atom. The molecule has 2 rings (SSSR count). The molecule has 0 spiro atoms. The fourth-order valence-corrected chi connectivity index (χ4v) is 2.34. The van der Waals surface area contributed by atoms with Gasteiger partial charge in [-0.2, -0.15) is 0 Å². The maximum Gasteiger partial charge on any atom is 0.269 e. The number of methoxy groups -OCH3 is 2. The first-order chi connectivity index (χ1) is 12.5. The van der Waals surface area contributed by atoms with Crippen molar-refractivity contribution >= 4 is 17.3 Å². The van der Waals surface area contributed by atoms with Crippen molar-refractivity contribution < 1.29 is 19.2 Å². The number of nitrogens with one attached hydrogen (secondary N) is 2. The van der Waals surface area contributed by atoms with Gasteiger partial charge in [-0.3, -0.25) is 14.9 Å². The summed E-state index contributed by atoms with van der Waals surface area (Å²) in [5, 5.41) is 16.3. The first-order valence-electron chi connectivity index (χ1n) is 7.99. The van der Waals surface area contributed by atoms with Crippen LogP contribution in [0.3, 0.4) is 0 Å². The molecule has 0 saturated carbocycles. The SMILES string of the molecule is COc1ccc(CCNCC(=O)Nc2ccc([N+](=O)[O-])cc2)cc1OC. The molecule has 0 aliphatic carbocycles. The number of nitro groups is 1. The highest BCUT2D eigenvalue weighted by atomic mass is 16.6. The van der Waals surface area contributed by atoms with Crippen LogP contribution >= 0.6 is 0 Å². The van der Waals surface area contributed by atoms with Crippen molar-refractivity contribution in [1.82, 2.24) is 5.32 Å². The highest BCUT2D eigenvalue weighted by Gasteiger charge is 2.07. The van der Waals surface area contributed by atoms with E-state index >= 15 is 0 Å². The summed E-state index contributed by atoms with van der Waals surface area (Å²) in [5.74, 6) is 1.12. The molecule has 8 nitrogen and oxygen atoms in total. The van der Waals surface area contributed by atoms with Gasteiger partial charge < -0.3 is 20.1 Å². The monoisotopic (exact) mass is 359 g/mol. The standard InChI is InChI=1S/C18H21N3O5/c1-25-16-8-3-13(11-17(16)26-2)9-10-19-12-18(22)20-14-4-6-15(7-5-14)21(23)24/h3-8,11,19H,9-10,12H2,1-2H3,(H,20,22). The molecule has 0 atom stereocenters. The number of carbonyl (C=O) groups is 1. The van der Waals surface area contributed by atoms with Crippen LogP contribution in [0.5, 0.6) is 11.5 Å². The molecule has 0 aromatic heterocycles. The van der Waals surface area contributed by atoms with E-state index in [1.807, 2.05) is 18.2 Å². The van der Waals surface area contributed by atoms with Gasteiger partial charge in [0, 0.05) is 17.8 Å². The number of hydrogen-bond acceptors (Lipinski definition) is 6. The molecule has 1 amide bonds. The first kappa shape index (κ1) is 19.2. The molecule has 2 N–H and O–H groups in total. The third-order valence-corrected chi connectivity index (χ3v) is 3.69. The summed E-state index contributed by atoms with van der Waals surface area (Å²) in [5.41, 5.74) is 1.56. The molecule has 2 aromatic carbocycles. The van der Waals surface area contributed by atoms with E-state index in [1.54, 1.807) is 14.2 Å². The molecule has 0 unspecified atom stereocenters. The molecule has 138 valence electrons. The van der Waals surface area contributed by atoms with Gasteiger partial charge in [0.25, 0.3) is 5.69 Å². The molecule has 0 radical (unpaired) electrons. The molecule has 0 fully saturated rings. The van der Waals surface area contributed by atoms with Crippen LogP contribution in [0.2, 0.25) is 0 Å². The Morgan fingerprint density at radius 3 is 2.38 bits per heavy atom. The highest BCUT2D eigenvalue weighted by molar-refractivity contribution is 5.92. The molecular formula is C18H21N3O5. The Kier molecular flexibility index (Phi) is 6.92. The zero-order valence-corrected chi connectivity index (χ0v) is 14.7. The number of rotatable bonds is 9. The van der Waals surface area contributed by atoms with Gasteiger partial charge in [-0.25, -0.2) is 0 Å². The molecule has 0 aliphatic heterocycles. The molecule has 0 aliphatic rings. The Hall–Kier alpha value is -3.13. The third-order valence-electron chi connectivity index (χ3n) is 3.69. The lowest BCUT2D eigenvalue weighted by Crippen LogP contribution is -2.29. The summed E-state index contributed by atoms with van der Waals surface area (Å²) < 4.78 is 10.5. The van der Waals surface area contributed by atoms with Gasteiger partial charge in [0.15, 0.2) is 11.5 Å². The average Bonchev–Trinajstić information content (AvgIpc) is 2.65. The average molecular weight is 359 g/mol. The smallest absolute Gasteiger partial charge is 0.269 e. The fraction of sp³-hybridized carbons (Fsp3) is 0.278. The number of nitro benzene ring substituents is 1. The van der Waals surface area contributed by atoms with Crippen LogP contribution in [0.4, 0.5) is 11.4 Å². The predicted octanol–water partition coefficient (Wildman–Crippen LogP) is 2.38. The second-order valence-corrected chi connectivity index (χ2v) is 5.47. The van der Waals surface area contributed by atoms with Gasteiger partial charge in [-0.05, 0) is 42.8 Å². The van der Waals surface area contributed by atoms with E-state index in [9.17, 15) is 14.9 Å². The minimum atomic E-state index is -0.485. The molecule has 0 bridgehead atoms. The van der Waals surface area contributed by atoms with Gasteiger partial charge in [0.1, 0.15) is 0 Å². The number of hydrogen-bond donors (Lipinski definition) is 2. The van der Waals surface area contributed by atoms with Crippen LogP contribution in [0.1, 0.15) is 5.56 Å². The number of anilines is 1. The van der Waals surface area contributed by atoms with Crippen LogP contribution in [-0.4, -0.2) is 38.1 Å². The third kappa shape index (κ3) is 5.45. The quantitative estimate of drug-likeness (QED) is 0.405. The Morgan fingerprint density at radius 1 is 1.08 bits per heavy atom. The summed E-state index contributed by atoms with van der Waals surface area (Å²) in [6.07, 6.45) is 0.727. The Labute approximate surface area is 151 Å².